The van der Waals surface area contributed by atoms with Gasteiger partial charge in [0.15, 0.2) is 5.69 Å². The number of rotatable bonds is 7. The fourth-order valence-electron chi connectivity index (χ4n) is 3.01. The van der Waals surface area contributed by atoms with Crippen molar-refractivity contribution >= 4 is 22.4 Å². The Balaban J connectivity index is 1.98. The second-order valence-corrected chi connectivity index (χ2v) is 6.50. The van der Waals surface area contributed by atoms with Crippen molar-refractivity contribution in [2.45, 2.75) is 39.7 Å². The number of aromatic nitrogens is 2. The fourth-order valence-corrected chi connectivity index (χ4v) is 3.01. The van der Waals surface area contributed by atoms with Crippen molar-refractivity contribution in [1.82, 2.24) is 15.2 Å². The molecule has 3 rings (SSSR count). The van der Waals surface area contributed by atoms with Gasteiger partial charge in [-0.05, 0) is 24.5 Å². The van der Waals surface area contributed by atoms with E-state index in [1.54, 1.807) is 24.3 Å². The number of carbonyl (C=O) groups is 1. The average molecular weight is 376 g/mol. The molecule has 1 amide bonds. The van der Waals surface area contributed by atoms with Gasteiger partial charge >= 0.3 is 0 Å². The predicted molar refractivity (Wildman–Crippen MR) is 112 cm³/mol. The summed E-state index contributed by atoms with van der Waals surface area (Å²) in [7, 11) is 0. The molecular weight excluding hydrogens is 352 g/mol. The van der Waals surface area contributed by atoms with Crippen LogP contribution >= 0.6 is 0 Å². The molecule has 6 heteroatoms. The molecule has 6 nitrogen and oxygen atoms in total. The van der Waals surface area contributed by atoms with Crippen molar-refractivity contribution in [2.75, 3.05) is 0 Å². The number of benzene rings is 2. The molecule has 0 spiro atoms. The molecule has 3 aromatic rings. The molecule has 1 heterocycles. The van der Waals surface area contributed by atoms with Crippen molar-refractivity contribution in [3.8, 4) is 0 Å². The lowest BCUT2D eigenvalue weighted by atomic mass is 10.1. The van der Waals surface area contributed by atoms with Gasteiger partial charge in [0, 0.05) is 11.9 Å². The molecule has 2 aromatic carbocycles. The van der Waals surface area contributed by atoms with Crippen molar-refractivity contribution in [1.29, 1.82) is 0 Å². The topological polar surface area (TPSA) is 76.3 Å². The number of hydrogen-bond acceptors (Lipinski definition) is 4. The number of amides is 1. The van der Waals surface area contributed by atoms with E-state index in [2.05, 4.69) is 15.6 Å². The first-order chi connectivity index (χ1) is 13.7. The standard InChI is InChI=1S/C22H24N4O2/c1-3-5-15-26-22(28)18-14-10-9-13-17(18)20(25-26)21(27)24-23-19(4-2)16-11-7-6-8-12-16/h6-14H,3-5,15H2,1-2H3,(H,24,27)/b23-19-. The van der Waals surface area contributed by atoms with Crippen LogP contribution in [0.1, 0.15) is 49.2 Å². The Morgan fingerprint density at radius 1 is 1.04 bits per heavy atom. The zero-order valence-electron chi connectivity index (χ0n) is 16.2. The Morgan fingerprint density at radius 2 is 1.71 bits per heavy atom. The summed E-state index contributed by atoms with van der Waals surface area (Å²) >= 11 is 0. The first kappa shape index (κ1) is 19.5. The Morgan fingerprint density at radius 3 is 2.39 bits per heavy atom. The summed E-state index contributed by atoms with van der Waals surface area (Å²) in [5.74, 6) is -0.427. The van der Waals surface area contributed by atoms with Crippen LogP contribution in [0.3, 0.4) is 0 Å². The van der Waals surface area contributed by atoms with Crippen LogP contribution in [0, 0.1) is 0 Å². The van der Waals surface area contributed by atoms with Gasteiger partial charge in [0.25, 0.3) is 11.5 Å². The molecule has 144 valence electrons. The van der Waals surface area contributed by atoms with Crippen LogP contribution in [-0.2, 0) is 6.54 Å². The summed E-state index contributed by atoms with van der Waals surface area (Å²) in [6.07, 6.45) is 2.43. The van der Waals surface area contributed by atoms with E-state index in [1.807, 2.05) is 44.2 Å². The third-order valence-electron chi connectivity index (χ3n) is 4.54. The van der Waals surface area contributed by atoms with E-state index in [9.17, 15) is 9.59 Å². The summed E-state index contributed by atoms with van der Waals surface area (Å²) in [6, 6.07) is 16.8. The molecule has 1 aromatic heterocycles. The SMILES string of the molecule is CCCCn1nc(C(=O)N/N=C(/CC)c2ccccc2)c2ccccc2c1=O. The molecule has 0 saturated heterocycles. The minimum absolute atomic E-state index is 0.178. The molecule has 0 aliphatic carbocycles. The molecule has 0 fully saturated rings. The van der Waals surface area contributed by atoms with Gasteiger partial charge in [0.05, 0.1) is 11.1 Å². The second kappa shape index (κ2) is 9.08. The molecule has 1 N–H and O–H groups in total. The summed E-state index contributed by atoms with van der Waals surface area (Å²) in [5, 5.41) is 9.66. The lowest BCUT2D eigenvalue weighted by molar-refractivity contribution is 0.0949. The van der Waals surface area contributed by atoms with Crippen LogP contribution in [0.4, 0.5) is 0 Å². The molecule has 0 aliphatic rings. The number of carbonyl (C=O) groups excluding carboxylic acids is 1. The van der Waals surface area contributed by atoms with Crippen LogP contribution in [-0.4, -0.2) is 21.4 Å². The fraction of sp³-hybridized carbons (Fsp3) is 0.273. The summed E-state index contributed by atoms with van der Waals surface area (Å²) in [4.78, 5) is 25.5. The van der Waals surface area contributed by atoms with Gasteiger partial charge < -0.3 is 0 Å². The predicted octanol–water partition coefficient (Wildman–Crippen LogP) is 3.74. The van der Waals surface area contributed by atoms with Crippen molar-refractivity contribution in [3.05, 3.63) is 76.2 Å². The van der Waals surface area contributed by atoms with Crippen LogP contribution < -0.4 is 11.0 Å². The second-order valence-electron chi connectivity index (χ2n) is 6.50. The molecular formula is C22H24N4O2. The number of hydrazone groups is 1. The molecule has 0 saturated carbocycles. The van der Waals surface area contributed by atoms with E-state index in [0.717, 1.165) is 24.1 Å². The number of nitrogens with one attached hydrogen (secondary N) is 1. The molecule has 0 atom stereocenters. The maximum Gasteiger partial charge on any atom is 0.292 e. The summed E-state index contributed by atoms with van der Waals surface area (Å²) in [6.45, 7) is 4.51. The largest absolute Gasteiger partial charge is 0.292 e. The molecule has 0 aliphatic heterocycles. The van der Waals surface area contributed by atoms with Crippen LogP contribution in [0.25, 0.3) is 10.8 Å². The van der Waals surface area contributed by atoms with Crippen molar-refractivity contribution in [2.24, 2.45) is 5.10 Å². The summed E-state index contributed by atoms with van der Waals surface area (Å²) < 4.78 is 1.38. The Labute approximate surface area is 163 Å². The van der Waals surface area contributed by atoms with Gasteiger partial charge in [-0.15, -0.1) is 0 Å². The minimum atomic E-state index is -0.427. The smallest absolute Gasteiger partial charge is 0.267 e. The van der Waals surface area contributed by atoms with Gasteiger partial charge in [-0.3, -0.25) is 9.59 Å². The first-order valence-electron chi connectivity index (χ1n) is 9.57. The molecule has 28 heavy (non-hydrogen) atoms. The third-order valence-corrected chi connectivity index (χ3v) is 4.54. The number of nitrogens with zero attached hydrogens (tertiary/aromatic N) is 3. The van der Waals surface area contributed by atoms with E-state index in [0.29, 0.717) is 23.7 Å². The summed E-state index contributed by atoms with van der Waals surface area (Å²) in [5.41, 5.74) is 4.37. The van der Waals surface area contributed by atoms with Gasteiger partial charge in [-0.2, -0.15) is 10.2 Å². The third kappa shape index (κ3) is 4.17. The monoisotopic (exact) mass is 376 g/mol. The number of hydrogen-bond donors (Lipinski definition) is 1. The van der Waals surface area contributed by atoms with Gasteiger partial charge in [0.2, 0.25) is 0 Å². The average Bonchev–Trinajstić information content (AvgIpc) is 2.74. The highest BCUT2D eigenvalue weighted by atomic mass is 16.2. The zero-order chi connectivity index (χ0) is 19.9. The van der Waals surface area contributed by atoms with Gasteiger partial charge in [0.1, 0.15) is 0 Å². The van der Waals surface area contributed by atoms with Crippen LogP contribution in [0.5, 0.6) is 0 Å². The van der Waals surface area contributed by atoms with E-state index in [1.165, 1.54) is 4.68 Å². The minimum Gasteiger partial charge on any atom is -0.267 e. The normalized spacial score (nSPS) is 11.6. The number of aryl methyl sites for hydroxylation is 1. The van der Waals surface area contributed by atoms with E-state index >= 15 is 0 Å². The molecule has 0 unspecified atom stereocenters. The highest BCUT2D eigenvalue weighted by molar-refractivity contribution is 6.06. The van der Waals surface area contributed by atoms with E-state index in [-0.39, 0.29) is 11.3 Å². The van der Waals surface area contributed by atoms with Crippen molar-refractivity contribution < 1.29 is 4.79 Å². The zero-order valence-corrected chi connectivity index (χ0v) is 16.2. The maximum absolute atomic E-state index is 12.9. The van der Waals surface area contributed by atoms with Crippen molar-refractivity contribution in [3.63, 3.8) is 0 Å². The Hall–Kier alpha value is -3.28. The highest BCUT2D eigenvalue weighted by Crippen LogP contribution is 2.14. The first-order valence-corrected chi connectivity index (χ1v) is 9.57. The van der Waals surface area contributed by atoms with Crippen LogP contribution in [0.2, 0.25) is 0 Å². The maximum atomic E-state index is 12.9. The van der Waals surface area contributed by atoms with Crippen LogP contribution in [0.15, 0.2) is 64.5 Å². The Kier molecular flexibility index (Phi) is 6.32. The van der Waals surface area contributed by atoms with Gasteiger partial charge in [-0.25, -0.2) is 10.1 Å². The molecule has 0 bridgehead atoms. The van der Waals surface area contributed by atoms with E-state index < -0.39 is 5.91 Å². The van der Waals surface area contributed by atoms with Gasteiger partial charge in [-0.1, -0.05) is 68.8 Å². The quantitative estimate of drug-likeness (QED) is 0.504. The highest BCUT2D eigenvalue weighted by Gasteiger charge is 2.16. The lowest BCUT2D eigenvalue weighted by Gasteiger charge is -2.10. The number of unbranched alkanes of at least 4 members (excludes halogenated alkanes) is 1. The number of fused-ring (bicyclic) bond motifs is 1. The lowest BCUT2D eigenvalue weighted by Crippen LogP contribution is -2.29. The molecule has 0 radical (unpaired) electrons. The Bertz CT molecular complexity index is 1060. The van der Waals surface area contributed by atoms with E-state index in [4.69, 9.17) is 0 Å².